The third-order valence-corrected chi connectivity index (χ3v) is 4.36. The molecular formula is C21H30N2O. The highest BCUT2D eigenvalue weighted by Gasteiger charge is 2.10. The van der Waals surface area contributed by atoms with Crippen LogP contribution in [0.25, 0.3) is 11.1 Å². The molecule has 0 amide bonds. The number of ether oxygens (including phenoxy) is 1. The predicted octanol–water partition coefficient (Wildman–Crippen LogP) is 4.93. The zero-order valence-corrected chi connectivity index (χ0v) is 15.3. The SMILES string of the molecule is CC[C@H](C)[C@H](N)CNc1ccc(-c2ccc(OC(C)C)cc2)cc1. The first-order valence-corrected chi connectivity index (χ1v) is 8.86. The van der Waals surface area contributed by atoms with Gasteiger partial charge in [0.2, 0.25) is 0 Å². The van der Waals surface area contributed by atoms with Gasteiger partial charge in [0, 0.05) is 18.3 Å². The Hall–Kier alpha value is -2.00. The lowest BCUT2D eigenvalue weighted by Gasteiger charge is -2.19. The van der Waals surface area contributed by atoms with E-state index in [1.165, 1.54) is 11.1 Å². The van der Waals surface area contributed by atoms with Crippen molar-refractivity contribution in [3.63, 3.8) is 0 Å². The van der Waals surface area contributed by atoms with Crippen molar-refractivity contribution in [2.45, 2.75) is 46.3 Å². The van der Waals surface area contributed by atoms with Gasteiger partial charge in [-0.1, -0.05) is 44.5 Å². The number of hydrogen-bond acceptors (Lipinski definition) is 3. The summed E-state index contributed by atoms with van der Waals surface area (Å²) in [5, 5.41) is 3.42. The first kappa shape index (κ1) is 18.3. The molecule has 0 bridgehead atoms. The van der Waals surface area contributed by atoms with E-state index in [9.17, 15) is 0 Å². The van der Waals surface area contributed by atoms with Gasteiger partial charge in [-0.2, -0.15) is 0 Å². The number of nitrogens with one attached hydrogen (secondary N) is 1. The van der Waals surface area contributed by atoms with E-state index in [4.69, 9.17) is 10.5 Å². The van der Waals surface area contributed by atoms with Crippen LogP contribution in [0, 0.1) is 5.92 Å². The lowest BCUT2D eigenvalue weighted by molar-refractivity contribution is 0.242. The summed E-state index contributed by atoms with van der Waals surface area (Å²) in [6.07, 6.45) is 1.31. The number of benzene rings is 2. The Morgan fingerprint density at radius 2 is 1.46 bits per heavy atom. The fourth-order valence-corrected chi connectivity index (χ4v) is 2.52. The molecule has 3 nitrogen and oxygen atoms in total. The number of hydrogen-bond donors (Lipinski definition) is 2. The molecule has 0 heterocycles. The van der Waals surface area contributed by atoms with Gasteiger partial charge in [-0.05, 0) is 55.2 Å². The lowest BCUT2D eigenvalue weighted by atomic mass is 10.00. The van der Waals surface area contributed by atoms with Crippen LogP contribution in [0.5, 0.6) is 5.75 Å². The van der Waals surface area contributed by atoms with Crippen LogP contribution in [0.15, 0.2) is 48.5 Å². The highest BCUT2D eigenvalue weighted by atomic mass is 16.5. The van der Waals surface area contributed by atoms with E-state index >= 15 is 0 Å². The summed E-state index contributed by atoms with van der Waals surface area (Å²) in [5.41, 5.74) is 9.67. The summed E-state index contributed by atoms with van der Waals surface area (Å²) < 4.78 is 5.69. The molecule has 0 unspecified atom stereocenters. The van der Waals surface area contributed by atoms with Crippen LogP contribution < -0.4 is 15.8 Å². The maximum Gasteiger partial charge on any atom is 0.119 e. The van der Waals surface area contributed by atoms with Gasteiger partial charge in [-0.25, -0.2) is 0 Å². The zero-order chi connectivity index (χ0) is 17.5. The molecule has 0 spiro atoms. The minimum atomic E-state index is 0.183. The Bertz CT molecular complexity index is 605. The Morgan fingerprint density at radius 1 is 0.917 bits per heavy atom. The van der Waals surface area contributed by atoms with Crippen molar-refractivity contribution in [1.82, 2.24) is 0 Å². The molecule has 0 aliphatic heterocycles. The van der Waals surface area contributed by atoms with Crippen LogP contribution in [-0.4, -0.2) is 18.7 Å². The van der Waals surface area contributed by atoms with E-state index < -0.39 is 0 Å². The van der Waals surface area contributed by atoms with Gasteiger partial charge in [0.15, 0.2) is 0 Å². The molecule has 3 heteroatoms. The largest absolute Gasteiger partial charge is 0.491 e. The molecule has 2 atom stereocenters. The Morgan fingerprint density at radius 3 is 1.96 bits per heavy atom. The molecule has 0 aromatic heterocycles. The maximum absolute atomic E-state index is 6.17. The molecular weight excluding hydrogens is 296 g/mol. The van der Waals surface area contributed by atoms with E-state index in [1.54, 1.807) is 0 Å². The summed E-state index contributed by atoms with van der Waals surface area (Å²) in [7, 11) is 0. The third kappa shape index (κ3) is 5.27. The van der Waals surface area contributed by atoms with Gasteiger partial charge in [0.25, 0.3) is 0 Å². The van der Waals surface area contributed by atoms with Crippen LogP contribution in [0.2, 0.25) is 0 Å². The Balaban J connectivity index is 1.96. The number of nitrogens with two attached hydrogens (primary N) is 1. The molecule has 0 saturated carbocycles. The fourth-order valence-electron chi connectivity index (χ4n) is 2.52. The third-order valence-electron chi connectivity index (χ3n) is 4.36. The highest BCUT2D eigenvalue weighted by Crippen LogP contribution is 2.24. The molecule has 24 heavy (non-hydrogen) atoms. The molecule has 0 radical (unpaired) electrons. The second kappa shape index (κ2) is 8.74. The molecule has 2 rings (SSSR count). The van der Waals surface area contributed by atoms with Crippen LogP contribution >= 0.6 is 0 Å². The molecule has 0 fully saturated rings. The first-order chi connectivity index (χ1) is 11.5. The van der Waals surface area contributed by atoms with Crippen molar-refractivity contribution in [3.8, 4) is 16.9 Å². The summed E-state index contributed by atoms with van der Waals surface area (Å²) in [4.78, 5) is 0. The normalized spacial score (nSPS) is 13.6. The second-order valence-corrected chi connectivity index (χ2v) is 6.70. The Labute approximate surface area is 146 Å². The van der Waals surface area contributed by atoms with Crippen molar-refractivity contribution in [1.29, 1.82) is 0 Å². The van der Waals surface area contributed by atoms with Gasteiger partial charge in [-0.3, -0.25) is 0 Å². The minimum absolute atomic E-state index is 0.183. The molecule has 2 aromatic carbocycles. The highest BCUT2D eigenvalue weighted by molar-refractivity contribution is 5.66. The van der Waals surface area contributed by atoms with Gasteiger partial charge < -0.3 is 15.8 Å². The fraction of sp³-hybridized carbons (Fsp3) is 0.429. The lowest BCUT2D eigenvalue weighted by Crippen LogP contribution is -2.35. The molecule has 0 aliphatic carbocycles. The monoisotopic (exact) mass is 326 g/mol. The number of anilines is 1. The number of rotatable bonds is 8. The van der Waals surface area contributed by atoms with Crippen LogP contribution in [0.4, 0.5) is 5.69 Å². The molecule has 130 valence electrons. The average molecular weight is 326 g/mol. The molecule has 2 aromatic rings. The predicted molar refractivity (Wildman–Crippen MR) is 104 cm³/mol. The first-order valence-electron chi connectivity index (χ1n) is 8.86. The van der Waals surface area contributed by atoms with E-state index in [0.717, 1.165) is 24.4 Å². The van der Waals surface area contributed by atoms with Crippen molar-refractivity contribution < 1.29 is 4.74 Å². The van der Waals surface area contributed by atoms with Gasteiger partial charge in [0.1, 0.15) is 5.75 Å². The maximum atomic E-state index is 6.17. The van der Waals surface area contributed by atoms with Crippen LogP contribution in [0.3, 0.4) is 0 Å². The minimum Gasteiger partial charge on any atom is -0.491 e. The van der Waals surface area contributed by atoms with Crippen LogP contribution in [0.1, 0.15) is 34.1 Å². The summed E-state index contributed by atoms with van der Waals surface area (Å²) in [6.45, 7) is 9.24. The molecule has 3 N–H and O–H groups in total. The zero-order valence-electron chi connectivity index (χ0n) is 15.3. The van der Waals surface area contributed by atoms with E-state index in [-0.39, 0.29) is 12.1 Å². The van der Waals surface area contributed by atoms with Crippen LogP contribution in [-0.2, 0) is 0 Å². The summed E-state index contributed by atoms with van der Waals surface area (Å²) in [5.74, 6) is 1.44. The Kier molecular flexibility index (Phi) is 6.68. The topological polar surface area (TPSA) is 47.3 Å². The quantitative estimate of drug-likeness (QED) is 0.723. The van der Waals surface area contributed by atoms with Gasteiger partial charge >= 0.3 is 0 Å². The smallest absolute Gasteiger partial charge is 0.119 e. The van der Waals surface area contributed by atoms with Crippen molar-refractivity contribution in [2.24, 2.45) is 11.7 Å². The second-order valence-electron chi connectivity index (χ2n) is 6.70. The van der Waals surface area contributed by atoms with E-state index in [1.807, 2.05) is 26.0 Å². The molecule has 0 saturated heterocycles. The van der Waals surface area contributed by atoms with Crippen molar-refractivity contribution in [2.75, 3.05) is 11.9 Å². The van der Waals surface area contributed by atoms with Crippen molar-refractivity contribution in [3.05, 3.63) is 48.5 Å². The van der Waals surface area contributed by atoms with E-state index in [2.05, 4.69) is 55.6 Å². The van der Waals surface area contributed by atoms with Gasteiger partial charge in [0.05, 0.1) is 6.10 Å². The van der Waals surface area contributed by atoms with Crippen molar-refractivity contribution >= 4 is 5.69 Å². The van der Waals surface area contributed by atoms with E-state index in [0.29, 0.717) is 5.92 Å². The van der Waals surface area contributed by atoms with Gasteiger partial charge in [-0.15, -0.1) is 0 Å². The summed E-state index contributed by atoms with van der Waals surface area (Å²) >= 11 is 0. The average Bonchev–Trinajstić information content (AvgIpc) is 2.59. The molecule has 0 aliphatic rings. The standard InChI is InChI=1S/C21H30N2O/c1-5-16(4)21(22)14-23-19-10-6-17(7-11-19)18-8-12-20(13-9-18)24-15(2)3/h6-13,15-16,21,23H,5,14,22H2,1-4H3/t16-,21+/m0/s1. The summed E-state index contributed by atoms with van der Waals surface area (Å²) in [6, 6.07) is 16.9.